The number of fused-ring (bicyclic) bond motifs is 2. The summed E-state index contributed by atoms with van der Waals surface area (Å²) in [6.45, 7) is -0.413. The van der Waals surface area contributed by atoms with Crippen LogP contribution in [0, 0.1) is 0 Å². The molecule has 6 nitrogen and oxygen atoms in total. The quantitative estimate of drug-likeness (QED) is 0.524. The van der Waals surface area contributed by atoms with Gasteiger partial charge in [0.2, 0.25) is 0 Å². The monoisotopic (exact) mass is 350 g/mol. The van der Waals surface area contributed by atoms with E-state index in [-0.39, 0.29) is 5.91 Å². The van der Waals surface area contributed by atoms with E-state index in [1.807, 2.05) is 24.3 Å². The van der Waals surface area contributed by atoms with Crippen LogP contribution in [-0.2, 0) is 21.5 Å². The van der Waals surface area contributed by atoms with E-state index >= 15 is 0 Å². The number of para-hydroxylation sites is 1. The standard InChI is InChI=1S/C20H18N2O4/c23-17(26-15-9-2-1-3-10-15)13-22-18(24)20(21-19(22)25)12-6-8-14-7-4-5-11-16(14)20/h1-5,7,9-11H,6,8,12-13H2,(H,21,25)/t20-/m1/s1. The number of carbonyl (C=O) groups is 3. The van der Waals surface area contributed by atoms with Crippen LogP contribution < -0.4 is 10.1 Å². The fourth-order valence-electron chi connectivity index (χ4n) is 3.74. The molecule has 0 unspecified atom stereocenters. The molecule has 1 N–H and O–H groups in total. The molecular weight excluding hydrogens is 332 g/mol. The van der Waals surface area contributed by atoms with Gasteiger partial charge in [-0.3, -0.25) is 9.69 Å². The summed E-state index contributed by atoms with van der Waals surface area (Å²) < 4.78 is 5.21. The summed E-state index contributed by atoms with van der Waals surface area (Å²) in [7, 11) is 0. The van der Waals surface area contributed by atoms with E-state index < -0.39 is 24.1 Å². The summed E-state index contributed by atoms with van der Waals surface area (Å²) in [4.78, 5) is 38.7. The summed E-state index contributed by atoms with van der Waals surface area (Å²) in [6, 6.07) is 15.6. The number of imide groups is 1. The number of amides is 3. The molecule has 0 aromatic heterocycles. The third-order valence-electron chi connectivity index (χ3n) is 4.91. The van der Waals surface area contributed by atoms with Crippen molar-refractivity contribution in [2.45, 2.75) is 24.8 Å². The molecule has 2 aromatic carbocycles. The van der Waals surface area contributed by atoms with Gasteiger partial charge in [-0.05, 0) is 42.5 Å². The average Bonchev–Trinajstić information content (AvgIpc) is 2.88. The van der Waals surface area contributed by atoms with E-state index in [9.17, 15) is 14.4 Å². The Bertz CT molecular complexity index is 880. The van der Waals surface area contributed by atoms with Crippen LogP contribution in [0.1, 0.15) is 24.0 Å². The summed E-state index contributed by atoms with van der Waals surface area (Å²) in [6.07, 6.45) is 2.20. The van der Waals surface area contributed by atoms with Gasteiger partial charge in [0.15, 0.2) is 0 Å². The Balaban J connectivity index is 1.56. The predicted octanol–water partition coefficient (Wildman–Crippen LogP) is 2.38. The smallest absolute Gasteiger partial charge is 0.331 e. The van der Waals surface area contributed by atoms with E-state index in [1.54, 1.807) is 30.3 Å². The Morgan fingerprint density at radius 1 is 1.08 bits per heavy atom. The lowest BCUT2D eigenvalue weighted by atomic mass is 9.76. The van der Waals surface area contributed by atoms with Crippen LogP contribution >= 0.6 is 0 Å². The molecule has 2 aromatic rings. The highest BCUT2D eigenvalue weighted by atomic mass is 16.5. The number of ether oxygens (including phenoxy) is 1. The second-order valence-electron chi connectivity index (χ2n) is 6.52. The van der Waals surface area contributed by atoms with E-state index in [1.165, 1.54) is 0 Å². The van der Waals surface area contributed by atoms with Crippen LogP contribution in [0.2, 0.25) is 0 Å². The molecule has 6 heteroatoms. The van der Waals surface area contributed by atoms with Crippen molar-refractivity contribution in [3.05, 3.63) is 65.7 Å². The van der Waals surface area contributed by atoms with Crippen molar-refractivity contribution in [2.75, 3.05) is 6.54 Å². The third kappa shape index (κ3) is 2.63. The van der Waals surface area contributed by atoms with Crippen molar-refractivity contribution >= 4 is 17.9 Å². The van der Waals surface area contributed by atoms with Crippen molar-refractivity contribution in [1.29, 1.82) is 0 Å². The third-order valence-corrected chi connectivity index (χ3v) is 4.91. The molecule has 1 saturated heterocycles. The van der Waals surface area contributed by atoms with Crippen molar-refractivity contribution in [1.82, 2.24) is 10.2 Å². The van der Waals surface area contributed by atoms with Gasteiger partial charge in [-0.1, -0.05) is 42.5 Å². The van der Waals surface area contributed by atoms with E-state index in [0.717, 1.165) is 28.9 Å². The highest BCUT2D eigenvalue weighted by Crippen LogP contribution is 2.39. The lowest BCUT2D eigenvalue weighted by molar-refractivity contribution is -0.141. The normalized spacial score (nSPS) is 21.5. The van der Waals surface area contributed by atoms with Gasteiger partial charge < -0.3 is 10.1 Å². The lowest BCUT2D eigenvalue weighted by Crippen LogP contribution is -2.47. The Morgan fingerprint density at radius 2 is 1.81 bits per heavy atom. The molecule has 4 rings (SSSR count). The zero-order valence-electron chi connectivity index (χ0n) is 14.1. The van der Waals surface area contributed by atoms with E-state index in [4.69, 9.17) is 4.74 Å². The molecular formula is C20H18N2O4. The highest BCUT2D eigenvalue weighted by Gasteiger charge is 2.54. The lowest BCUT2D eigenvalue weighted by Gasteiger charge is -2.33. The summed E-state index contributed by atoms with van der Waals surface area (Å²) in [5, 5.41) is 2.82. The Hall–Kier alpha value is -3.15. The molecule has 132 valence electrons. The predicted molar refractivity (Wildman–Crippen MR) is 93.4 cm³/mol. The van der Waals surface area contributed by atoms with Crippen LogP contribution in [-0.4, -0.2) is 29.4 Å². The minimum absolute atomic E-state index is 0.377. The van der Waals surface area contributed by atoms with Gasteiger partial charge in [0.05, 0.1) is 0 Å². The molecule has 2 aliphatic rings. The van der Waals surface area contributed by atoms with Gasteiger partial charge >= 0.3 is 12.0 Å². The number of hydrogen-bond acceptors (Lipinski definition) is 4. The first-order valence-electron chi connectivity index (χ1n) is 8.58. The van der Waals surface area contributed by atoms with Gasteiger partial charge in [0.25, 0.3) is 5.91 Å². The molecule has 0 saturated carbocycles. The van der Waals surface area contributed by atoms with Crippen LogP contribution in [0.4, 0.5) is 4.79 Å². The first-order valence-corrected chi connectivity index (χ1v) is 8.58. The fourth-order valence-corrected chi connectivity index (χ4v) is 3.74. The molecule has 1 atom stereocenters. The number of benzene rings is 2. The number of esters is 1. The fraction of sp³-hybridized carbons (Fsp3) is 0.250. The van der Waals surface area contributed by atoms with Gasteiger partial charge in [0, 0.05) is 0 Å². The zero-order valence-corrected chi connectivity index (χ0v) is 14.1. The minimum Gasteiger partial charge on any atom is -0.425 e. The van der Waals surface area contributed by atoms with Gasteiger partial charge in [-0.2, -0.15) is 0 Å². The topological polar surface area (TPSA) is 75.7 Å². The minimum atomic E-state index is -1.07. The first kappa shape index (κ1) is 16.3. The molecule has 0 radical (unpaired) electrons. The van der Waals surface area contributed by atoms with Gasteiger partial charge in [0.1, 0.15) is 17.8 Å². The average molecular weight is 350 g/mol. The zero-order chi connectivity index (χ0) is 18.1. The maximum absolute atomic E-state index is 13.1. The van der Waals surface area contributed by atoms with Gasteiger partial charge in [-0.15, -0.1) is 0 Å². The summed E-state index contributed by atoms with van der Waals surface area (Å²) in [5.41, 5.74) is 0.809. The number of hydrogen-bond donors (Lipinski definition) is 1. The molecule has 26 heavy (non-hydrogen) atoms. The molecule has 3 amide bonds. The van der Waals surface area contributed by atoms with Crippen LogP contribution in [0.15, 0.2) is 54.6 Å². The summed E-state index contributed by atoms with van der Waals surface area (Å²) in [5.74, 6) is -0.664. The largest absolute Gasteiger partial charge is 0.425 e. The Labute approximate surface area is 150 Å². The second-order valence-corrected chi connectivity index (χ2v) is 6.52. The molecule has 1 heterocycles. The number of urea groups is 1. The maximum atomic E-state index is 13.1. The first-order chi connectivity index (χ1) is 12.6. The Kier molecular flexibility index (Phi) is 3.95. The maximum Gasteiger partial charge on any atom is 0.331 e. The molecule has 1 aliphatic heterocycles. The summed E-state index contributed by atoms with van der Waals surface area (Å²) >= 11 is 0. The number of carbonyl (C=O) groups excluding carboxylic acids is 3. The number of aryl methyl sites for hydroxylation is 1. The molecule has 1 fully saturated rings. The van der Waals surface area contributed by atoms with Gasteiger partial charge in [-0.25, -0.2) is 9.59 Å². The van der Waals surface area contributed by atoms with Crippen molar-refractivity contribution < 1.29 is 19.1 Å². The molecule has 1 spiro atoms. The molecule has 0 bridgehead atoms. The highest BCUT2D eigenvalue weighted by molar-refractivity contribution is 6.09. The van der Waals surface area contributed by atoms with Crippen molar-refractivity contribution in [2.24, 2.45) is 0 Å². The second kappa shape index (κ2) is 6.29. The number of nitrogens with one attached hydrogen (secondary N) is 1. The van der Waals surface area contributed by atoms with E-state index in [2.05, 4.69) is 5.32 Å². The Morgan fingerprint density at radius 3 is 2.62 bits per heavy atom. The van der Waals surface area contributed by atoms with Crippen LogP contribution in [0.3, 0.4) is 0 Å². The van der Waals surface area contributed by atoms with Crippen molar-refractivity contribution in [3.63, 3.8) is 0 Å². The van der Waals surface area contributed by atoms with Crippen LogP contribution in [0.25, 0.3) is 0 Å². The number of rotatable bonds is 3. The van der Waals surface area contributed by atoms with E-state index in [0.29, 0.717) is 12.2 Å². The SMILES string of the molecule is O=C(CN1C(=O)N[C@@]2(CCCc3ccccc32)C1=O)Oc1ccccc1. The van der Waals surface area contributed by atoms with Crippen LogP contribution in [0.5, 0.6) is 5.75 Å². The van der Waals surface area contributed by atoms with Crippen molar-refractivity contribution in [3.8, 4) is 5.75 Å². The number of nitrogens with zero attached hydrogens (tertiary/aromatic N) is 1. The molecule has 1 aliphatic carbocycles.